The van der Waals surface area contributed by atoms with Gasteiger partial charge in [-0.15, -0.1) is 0 Å². The maximum absolute atomic E-state index is 11.1. The minimum absolute atomic E-state index is 0.0634. The molecule has 0 bridgehead atoms. The quantitative estimate of drug-likeness (QED) is 0.439. The van der Waals surface area contributed by atoms with Crippen LogP contribution in [0, 0.1) is 17.0 Å². The van der Waals surface area contributed by atoms with E-state index in [-0.39, 0.29) is 17.1 Å². The Morgan fingerprint density at radius 3 is 2.70 bits per heavy atom. The summed E-state index contributed by atoms with van der Waals surface area (Å²) < 4.78 is 0. The Balaban J connectivity index is 2.13. The van der Waals surface area contributed by atoms with E-state index in [0.717, 1.165) is 16.3 Å². The first kappa shape index (κ1) is 14.7. The monoisotopic (exact) mass is 306 g/mol. The van der Waals surface area contributed by atoms with Gasteiger partial charge in [-0.2, -0.15) is 0 Å². The van der Waals surface area contributed by atoms with Gasteiger partial charge in [0.15, 0.2) is 0 Å². The largest absolute Gasteiger partial charge is 0.507 e. The average molecular weight is 306 g/mol. The molecule has 114 valence electrons. The Morgan fingerprint density at radius 2 is 1.91 bits per heavy atom. The number of nitrogens with zero attached hydrogens (tertiary/aromatic N) is 2. The minimum Gasteiger partial charge on any atom is -0.507 e. The van der Waals surface area contributed by atoms with Crippen molar-refractivity contribution in [3.05, 3.63) is 75.8 Å². The Hall–Kier alpha value is -3.21. The fourth-order valence-electron chi connectivity index (χ4n) is 2.45. The van der Waals surface area contributed by atoms with Crippen LogP contribution in [0.2, 0.25) is 0 Å². The number of hydrogen-bond acceptors (Lipinski definition) is 4. The van der Waals surface area contributed by atoms with Crippen LogP contribution in [-0.2, 0) is 0 Å². The topological polar surface area (TPSA) is 75.7 Å². The van der Waals surface area contributed by atoms with E-state index in [4.69, 9.17) is 0 Å². The van der Waals surface area contributed by atoms with Crippen LogP contribution in [0.25, 0.3) is 10.8 Å². The van der Waals surface area contributed by atoms with Crippen molar-refractivity contribution < 1.29 is 10.0 Å². The van der Waals surface area contributed by atoms with Crippen molar-refractivity contribution in [1.29, 1.82) is 0 Å². The van der Waals surface area contributed by atoms with Crippen LogP contribution >= 0.6 is 0 Å². The van der Waals surface area contributed by atoms with Crippen LogP contribution in [-0.4, -0.2) is 16.2 Å². The standard InChI is InChI=1S/C18H14N2O3/c1-12-6-8-17(20(22)23)16(10-12)19-11-15-14-5-3-2-4-13(14)7-9-18(15)21/h2-11,21H,1H3. The van der Waals surface area contributed by atoms with E-state index in [0.29, 0.717) is 5.56 Å². The van der Waals surface area contributed by atoms with Gasteiger partial charge in [0.2, 0.25) is 0 Å². The average Bonchev–Trinajstić information content (AvgIpc) is 2.53. The highest BCUT2D eigenvalue weighted by Gasteiger charge is 2.12. The fourth-order valence-corrected chi connectivity index (χ4v) is 2.45. The smallest absolute Gasteiger partial charge is 0.294 e. The molecule has 5 heteroatoms. The van der Waals surface area contributed by atoms with Gasteiger partial charge in [0.1, 0.15) is 11.4 Å². The molecule has 3 aromatic rings. The van der Waals surface area contributed by atoms with E-state index < -0.39 is 4.92 Å². The number of nitro groups is 1. The first-order chi connectivity index (χ1) is 11.1. The molecule has 0 spiro atoms. The summed E-state index contributed by atoms with van der Waals surface area (Å²) in [6, 6.07) is 15.8. The van der Waals surface area contributed by atoms with E-state index in [2.05, 4.69) is 4.99 Å². The lowest BCUT2D eigenvalue weighted by Gasteiger charge is -2.05. The maximum Gasteiger partial charge on any atom is 0.294 e. The van der Waals surface area contributed by atoms with Crippen molar-refractivity contribution >= 4 is 28.4 Å². The molecule has 0 saturated carbocycles. The number of aryl methyl sites for hydroxylation is 1. The van der Waals surface area contributed by atoms with E-state index in [1.807, 2.05) is 37.3 Å². The normalized spacial score (nSPS) is 11.2. The number of nitro benzene ring substituents is 1. The zero-order chi connectivity index (χ0) is 16.4. The van der Waals surface area contributed by atoms with E-state index >= 15 is 0 Å². The first-order valence-corrected chi connectivity index (χ1v) is 7.06. The number of benzene rings is 3. The molecule has 3 rings (SSSR count). The highest BCUT2D eigenvalue weighted by Crippen LogP contribution is 2.30. The molecule has 3 aromatic carbocycles. The number of rotatable bonds is 3. The highest BCUT2D eigenvalue weighted by atomic mass is 16.6. The van der Waals surface area contributed by atoms with Gasteiger partial charge in [0.25, 0.3) is 5.69 Å². The predicted octanol–water partition coefficient (Wildman–Crippen LogP) is 4.51. The molecule has 0 unspecified atom stereocenters. The fraction of sp³-hybridized carbons (Fsp3) is 0.0556. The molecule has 0 aliphatic rings. The summed E-state index contributed by atoms with van der Waals surface area (Å²) in [6.07, 6.45) is 1.47. The maximum atomic E-state index is 11.1. The molecule has 0 heterocycles. The molecule has 0 radical (unpaired) electrons. The van der Waals surface area contributed by atoms with E-state index in [1.54, 1.807) is 18.2 Å². The van der Waals surface area contributed by atoms with Crippen LogP contribution in [0.3, 0.4) is 0 Å². The molecule has 23 heavy (non-hydrogen) atoms. The van der Waals surface area contributed by atoms with Crippen molar-refractivity contribution in [2.24, 2.45) is 4.99 Å². The van der Waals surface area contributed by atoms with Gasteiger partial charge >= 0.3 is 0 Å². The van der Waals surface area contributed by atoms with Crippen LogP contribution in [0.5, 0.6) is 5.75 Å². The van der Waals surface area contributed by atoms with E-state index in [1.165, 1.54) is 12.3 Å². The summed E-state index contributed by atoms with van der Waals surface area (Å²) in [4.78, 5) is 14.9. The van der Waals surface area contributed by atoms with Crippen LogP contribution in [0.15, 0.2) is 59.6 Å². The number of fused-ring (bicyclic) bond motifs is 1. The van der Waals surface area contributed by atoms with Gasteiger partial charge in [-0.25, -0.2) is 4.99 Å². The predicted molar refractivity (Wildman–Crippen MR) is 90.7 cm³/mol. The first-order valence-electron chi connectivity index (χ1n) is 7.06. The lowest BCUT2D eigenvalue weighted by molar-refractivity contribution is -0.384. The van der Waals surface area contributed by atoms with Gasteiger partial charge < -0.3 is 5.11 Å². The third-order valence-electron chi connectivity index (χ3n) is 3.61. The second-order valence-electron chi connectivity index (χ2n) is 5.23. The van der Waals surface area contributed by atoms with Gasteiger partial charge in [-0.3, -0.25) is 10.1 Å². The lowest BCUT2D eigenvalue weighted by atomic mass is 10.0. The second kappa shape index (κ2) is 5.88. The Bertz CT molecular complexity index is 933. The Kier molecular flexibility index (Phi) is 3.76. The summed E-state index contributed by atoms with van der Waals surface area (Å²) in [5, 5.41) is 23.0. The van der Waals surface area contributed by atoms with Gasteiger partial charge in [-0.05, 0) is 35.4 Å². The van der Waals surface area contributed by atoms with Crippen molar-refractivity contribution in [3.8, 4) is 5.75 Å². The van der Waals surface area contributed by atoms with Crippen molar-refractivity contribution in [2.75, 3.05) is 0 Å². The number of aromatic hydroxyl groups is 1. The summed E-state index contributed by atoms with van der Waals surface area (Å²) in [5.41, 5.74) is 1.62. The summed E-state index contributed by atoms with van der Waals surface area (Å²) >= 11 is 0. The van der Waals surface area contributed by atoms with E-state index in [9.17, 15) is 15.2 Å². The molecule has 0 fully saturated rings. The lowest BCUT2D eigenvalue weighted by Crippen LogP contribution is -1.90. The number of phenolic OH excluding ortho intramolecular Hbond substituents is 1. The molecule has 0 aromatic heterocycles. The third-order valence-corrected chi connectivity index (χ3v) is 3.61. The zero-order valence-corrected chi connectivity index (χ0v) is 12.4. The van der Waals surface area contributed by atoms with Crippen LogP contribution < -0.4 is 0 Å². The minimum atomic E-state index is -0.463. The number of hydrogen-bond donors (Lipinski definition) is 1. The SMILES string of the molecule is Cc1ccc([N+](=O)[O-])c(N=Cc2c(O)ccc3ccccc23)c1. The molecular formula is C18H14N2O3. The third kappa shape index (κ3) is 2.89. The van der Waals surface area contributed by atoms with Crippen molar-refractivity contribution in [2.45, 2.75) is 6.92 Å². The van der Waals surface area contributed by atoms with Gasteiger partial charge in [0.05, 0.1) is 4.92 Å². The molecule has 0 saturated heterocycles. The summed E-state index contributed by atoms with van der Waals surface area (Å²) in [7, 11) is 0. The molecule has 0 atom stereocenters. The summed E-state index contributed by atoms with van der Waals surface area (Å²) in [5.74, 6) is 0.0859. The zero-order valence-electron chi connectivity index (χ0n) is 12.4. The van der Waals surface area contributed by atoms with Crippen LogP contribution in [0.4, 0.5) is 11.4 Å². The summed E-state index contributed by atoms with van der Waals surface area (Å²) in [6.45, 7) is 1.85. The van der Waals surface area contributed by atoms with Gasteiger partial charge in [-0.1, -0.05) is 36.4 Å². The molecule has 5 nitrogen and oxygen atoms in total. The number of phenols is 1. The molecule has 0 amide bonds. The molecule has 0 aliphatic heterocycles. The Morgan fingerprint density at radius 1 is 1.13 bits per heavy atom. The Labute approximate surface area is 132 Å². The number of aliphatic imine (C=N–C) groups is 1. The highest BCUT2D eigenvalue weighted by molar-refractivity contribution is 6.03. The van der Waals surface area contributed by atoms with Crippen molar-refractivity contribution in [3.63, 3.8) is 0 Å². The van der Waals surface area contributed by atoms with Gasteiger partial charge in [0, 0.05) is 17.8 Å². The molecular weight excluding hydrogens is 292 g/mol. The molecule has 0 aliphatic carbocycles. The second-order valence-corrected chi connectivity index (χ2v) is 5.23. The van der Waals surface area contributed by atoms with Crippen molar-refractivity contribution in [1.82, 2.24) is 0 Å². The molecule has 1 N–H and O–H groups in total. The van der Waals surface area contributed by atoms with Crippen LogP contribution in [0.1, 0.15) is 11.1 Å².